The Kier molecular flexibility index (Phi) is 6.62. The molecule has 1 unspecified atom stereocenters. The minimum absolute atomic E-state index is 0.115. The van der Waals surface area contributed by atoms with Crippen LogP contribution in [-0.4, -0.2) is 92.7 Å². The molecule has 2 saturated heterocycles. The van der Waals surface area contributed by atoms with E-state index in [4.69, 9.17) is 9.72 Å². The summed E-state index contributed by atoms with van der Waals surface area (Å²) in [4.78, 5) is 24.0. The molecule has 0 aromatic carbocycles. The van der Waals surface area contributed by atoms with E-state index in [1.807, 2.05) is 53.8 Å². The molecule has 4 aromatic heterocycles. The Bertz CT molecular complexity index is 1530. The zero-order chi connectivity index (χ0) is 26.9. The Morgan fingerprint density at radius 1 is 1.05 bits per heavy atom. The molecule has 11 heteroatoms. The Morgan fingerprint density at radius 2 is 1.90 bits per heavy atom. The second kappa shape index (κ2) is 10.4. The molecule has 200 valence electrons. The summed E-state index contributed by atoms with van der Waals surface area (Å²) in [6.07, 6.45) is 11.2. The van der Waals surface area contributed by atoms with Crippen LogP contribution in [-0.2, 0) is 11.8 Å². The highest BCUT2D eigenvalue weighted by Crippen LogP contribution is 2.32. The van der Waals surface area contributed by atoms with Crippen LogP contribution in [0.4, 0.5) is 10.6 Å². The van der Waals surface area contributed by atoms with Crippen LogP contribution in [0.1, 0.15) is 18.4 Å². The maximum atomic E-state index is 13.1. The maximum absolute atomic E-state index is 13.1. The van der Waals surface area contributed by atoms with Crippen molar-refractivity contribution in [3.8, 4) is 28.3 Å². The average Bonchev–Trinajstić information content (AvgIpc) is 3.72. The molecule has 4 aromatic rings. The molecule has 1 atom stereocenters. The van der Waals surface area contributed by atoms with Crippen molar-refractivity contribution in [1.29, 1.82) is 5.26 Å². The number of carbonyl (C=O) groups is 1. The molecular formula is C28H31N9O2. The van der Waals surface area contributed by atoms with Crippen molar-refractivity contribution in [3.05, 3.63) is 54.7 Å². The van der Waals surface area contributed by atoms with Gasteiger partial charge in [0.25, 0.3) is 0 Å². The quantitative estimate of drug-likeness (QED) is 0.394. The number of aromatic nitrogens is 5. The van der Waals surface area contributed by atoms with Crippen LogP contribution in [0.25, 0.3) is 27.8 Å². The van der Waals surface area contributed by atoms with E-state index in [1.54, 1.807) is 22.5 Å². The van der Waals surface area contributed by atoms with Gasteiger partial charge in [0.15, 0.2) is 0 Å². The lowest BCUT2D eigenvalue weighted by atomic mass is 10.0. The predicted molar refractivity (Wildman–Crippen MR) is 146 cm³/mol. The van der Waals surface area contributed by atoms with E-state index in [0.717, 1.165) is 66.1 Å². The molecule has 0 bridgehead atoms. The second-order valence-corrected chi connectivity index (χ2v) is 10.1. The molecule has 0 aliphatic carbocycles. The largest absolute Gasteiger partial charge is 0.383 e. The first-order valence-electron chi connectivity index (χ1n) is 13.2. The monoisotopic (exact) mass is 525 g/mol. The lowest BCUT2D eigenvalue weighted by Crippen LogP contribution is -2.54. The molecule has 0 N–H and O–H groups in total. The Balaban J connectivity index is 1.21. The van der Waals surface area contributed by atoms with E-state index in [9.17, 15) is 10.1 Å². The minimum Gasteiger partial charge on any atom is -0.383 e. The number of urea groups is 1. The summed E-state index contributed by atoms with van der Waals surface area (Å²) in [5.41, 5.74) is 4.97. The number of likely N-dealkylation sites (tertiary alicyclic amines) is 1. The van der Waals surface area contributed by atoms with Crippen LogP contribution in [0.15, 0.2) is 49.2 Å². The number of hydrogen-bond donors (Lipinski definition) is 0. The van der Waals surface area contributed by atoms with Gasteiger partial charge in [-0.3, -0.25) is 4.68 Å². The van der Waals surface area contributed by atoms with Gasteiger partial charge < -0.3 is 19.4 Å². The summed E-state index contributed by atoms with van der Waals surface area (Å²) in [6.45, 7) is 4.16. The van der Waals surface area contributed by atoms with Crippen LogP contribution < -0.4 is 4.90 Å². The Labute approximate surface area is 226 Å². The fourth-order valence-corrected chi connectivity index (χ4v) is 5.65. The molecule has 2 fully saturated rings. The van der Waals surface area contributed by atoms with Gasteiger partial charge in [-0.2, -0.15) is 15.5 Å². The second-order valence-electron chi connectivity index (χ2n) is 10.1. The predicted octanol–water partition coefficient (Wildman–Crippen LogP) is 3.02. The van der Waals surface area contributed by atoms with Gasteiger partial charge in [-0.05, 0) is 31.0 Å². The average molecular weight is 526 g/mol. The van der Waals surface area contributed by atoms with Crippen molar-refractivity contribution in [3.63, 3.8) is 0 Å². The van der Waals surface area contributed by atoms with Gasteiger partial charge in [0.2, 0.25) is 0 Å². The normalized spacial score (nSPS) is 17.7. The van der Waals surface area contributed by atoms with Gasteiger partial charge in [-0.15, -0.1) is 0 Å². The molecule has 0 saturated carbocycles. The SMILES string of the molecule is COCC1CCCN1C(=O)N1CCN(c2ccc(-c3cc(-c4cnn(C)c4)cn4ncc(C#N)c34)cn2)CC1. The Hall–Kier alpha value is -4.43. The number of carbonyl (C=O) groups excluding carboxylic acids is 1. The molecule has 2 aliphatic heterocycles. The third kappa shape index (κ3) is 4.68. The number of amides is 2. The number of pyridine rings is 2. The summed E-state index contributed by atoms with van der Waals surface area (Å²) >= 11 is 0. The van der Waals surface area contributed by atoms with Crippen molar-refractivity contribution >= 4 is 17.4 Å². The molecule has 2 amide bonds. The van der Waals surface area contributed by atoms with Crippen molar-refractivity contribution in [1.82, 2.24) is 34.2 Å². The molecule has 2 aliphatic rings. The van der Waals surface area contributed by atoms with E-state index < -0.39 is 0 Å². The van der Waals surface area contributed by atoms with Crippen molar-refractivity contribution in [2.24, 2.45) is 7.05 Å². The summed E-state index contributed by atoms with van der Waals surface area (Å²) < 4.78 is 8.83. The minimum atomic E-state index is 0.115. The molecule has 6 rings (SSSR count). The number of anilines is 1. The molecule has 39 heavy (non-hydrogen) atoms. The number of methoxy groups -OCH3 is 1. The topological polar surface area (TPSA) is 108 Å². The van der Waals surface area contributed by atoms with E-state index in [0.29, 0.717) is 25.3 Å². The lowest BCUT2D eigenvalue weighted by Gasteiger charge is -2.38. The highest BCUT2D eigenvalue weighted by Gasteiger charge is 2.33. The highest BCUT2D eigenvalue weighted by atomic mass is 16.5. The molecule has 0 spiro atoms. The van der Waals surface area contributed by atoms with Gasteiger partial charge in [-0.25, -0.2) is 14.3 Å². The first-order valence-corrected chi connectivity index (χ1v) is 13.2. The van der Waals surface area contributed by atoms with E-state index in [-0.39, 0.29) is 12.1 Å². The van der Waals surface area contributed by atoms with Crippen molar-refractivity contribution in [2.75, 3.05) is 51.3 Å². The molecule has 6 heterocycles. The number of rotatable bonds is 5. The molecule has 11 nitrogen and oxygen atoms in total. The number of nitriles is 1. The zero-order valence-corrected chi connectivity index (χ0v) is 22.2. The molecule has 0 radical (unpaired) electrons. The molecular weight excluding hydrogens is 494 g/mol. The van der Waals surface area contributed by atoms with Crippen LogP contribution in [0.5, 0.6) is 0 Å². The third-order valence-corrected chi connectivity index (χ3v) is 7.69. The fraction of sp³-hybridized carbons (Fsp3) is 0.393. The van der Waals surface area contributed by atoms with Crippen molar-refractivity contribution in [2.45, 2.75) is 18.9 Å². The van der Waals surface area contributed by atoms with Crippen LogP contribution in [0.2, 0.25) is 0 Å². The number of aryl methyl sites for hydroxylation is 1. The lowest BCUT2D eigenvalue weighted by molar-refractivity contribution is 0.104. The van der Waals surface area contributed by atoms with Gasteiger partial charge >= 0.3 is 6.03 Å². The standard InChI is InChI=1S/C28H31N9O2/c1-33-17-23(16-31-33)21-12-25(27-22(13-29)15-32-37(27)18-21)20-5-6-26(30-14-20)34-8-10-35(11-9-34)28(38)36-7-3-4-24(36)19-39-2/h5-6,12,14-18,24H,3-4,7-11,19H2,1-2H3. The van der Waals surface area contributed by atoms with Crippen LogP contribution >= 0.6 is 0 Å². The Morgan fingerprint density at radius 3 is 2.59 bits per heavy atom. The first-order chi connectivity index (χ1) is 19.1. The van der Waals surface area contributed by atoms with E-state index in [2.05, 4.69) is 27.2 Å². The number of ether oxygens (including phenoxy) is 1. The van der Waals surface area contributed by atoms with Crippen LogP contribution in [0.3, 0.4) is 0 Å². The number of nitrogens with zero attached hydrogens (tertiary/aromatic N) is 9. The van der Waals surface area contributed by atoms with Gasteiger partial charge in [0, 0.05) is 87.7 Å². The summed E-state index contributed by atoms with van der Waals surface area (Å²) in [5, 5.41) is 18.4. The summed E-state index contributed by atoms with van der Waals surface area (Å²) in [6, 6.07) is 8.66. The summed E-state index contributed by atoms with van der Waals surface area (Å²) in [7, 11) is 3.57. The zero-order valence-electron chi connectivity index (χ0n) is 22.2. The number of piperazine rings is 1. The number of fused-ring (bicyclic) bond motifs is 1. The first kappa shape index (κ1) is 24.9. The van der Waals surface area contributed by atoms with Gasteiger partial charge in [0.05, 0.1) is 36.1 Å². The third-order valence-electron chi connectivity index (χ3n) is 7.69. The number of hydrogen-bond acceptors (Lipinski definition) is 7. The van der Waals surface area contributed by atoms with Crippen LogP contribution in [0, 0.1) is 11.3 Å². The van der Waals surface area contributed by atoms with Crippen molar-refractivity contribution < 1.29 is 9.53 Å². The van der Waals surface area contributed by atoms with E-state index in [1.165, 1.54) is 0 Å². The maximum Gasteiger partial charge on any atom is 0.320 e. The smallest absolute Gasteiger partial charge is 0.320 e. The van der Waals surface area contributed by atoms with Gasteiger partial charge in [0.1, 0.15) is 11.9 Å². The van der Waals surface area contributed by atoms with Gasteiger partial charge in [-0.1, -0.05) is 0 Å². The fourth-order valence-electron chi connectivity index (χ4n) is 5.65. The van der Waals surface area contributed by atoms with E-state index >= 15 is 0 Å². The highest BCUT2D eigenvalue weighted by molar-refractivity contribution is 5.87. The summed E-state index contributed by atoms with van der Waals surface area (Å²) in [5.74, 6) is 0.873.